The zero-order chi connectivity index (χ0) is 12.4. The van der Waals surface area contributed by atoms with E-state index in [0.29, 0.717) is 21.4 Å². The molecule has 1 saturated heterocycles. The van der Waals surface area contributed by atoms with E-state index in [1.165, 1.54) is 11.3 Å². The van der Waals surface area contributed by atoms with Crippen LogP contribution in [0.1, 0.15) is 28.9 Å². The van der Waals surface area contributed by atoms with E-state index in [1.807, 2.05) is 5.38 Å². The number of thiophene rings is 1. The first-order chi connectivity index (χ1) is 8.11. The van der Waals surface area contributed by atoms with Crippen LogP contribution >= 0.6 is 35.2 Å². The zero-order valence-corrected chi connectivity index (χ0v) is 11.6. The maximum atomic E-state index is 12.3. The normalized spacial score (nSPS) is 20.3. The van der Waals surface area contributed by atoms with Gasteiger partial charge in [-0.15, -0.1) is 11.3 Å². The molecule has 1 fully saturated rings. The molecule has 1 aliphatic rings. The summed E-state index contributed by atoms with van der Waals surface area (Å²) < 4.78 is 0. The fourth-order valence-electron chi connectivity index (χ4n) is 2.05. The van der Waals surface area contributed by atoms with Gasteiger partial charge >= 0.3 is 0 Å². The Morgan fingerprint density at radius 3 is 2.94 bits per heavy atom. The Labute approximate surface area is 115 Å². The van der Waals surface area contributed by atoms with Crippen molar-refractivity contribution in [2.24, 2.45) is 5.73 Å². The van der Waals surface area contributed by atoms with Gasteiger partial charge in [-0.05, 0) is 30.7 Å². The summed E-state index contributed by atoms with van der Waals surface area (Å²) in [6.45, 7) is 0.703. The van der Waals surface area contributed by atoms with Gasteiger partial charge in [0.05, 0.1) is 16.1 Å². The highest BCUT2D eigenvalue weighted by atomic mass is 35.5. The number of piperidine rings is 1. The molecule has 1 unspecified atom stereocenters. The second-order valence-electron chi connectivity index (χ2n) is 4.01. The van der Waals surface area contributed by atoms with E-state index in [2.05, 4.69) is 0 Å². The van der Waals surface area contributed by atoms with Gasteiger partial charge in [0.25, 0.3) is 5.91 Å². The molecule has 6 heteroatoms. The van der Waals surface area contributed by atoms with E-state index >= 15 is 0 Å². The summed E-state index contributed by atoms with van der Waals surface area (Å²) in [6.07, 6.45) is 2.90. The fourth-order valence-corrected chi connectivity index (χ4v) is 3.38. The average Bonchev–Trinajstić information content (AvgIpc) is 2.74. The van der Waals surface area contributed by atoms with Crippen molar-refractivity contribution >= 4 is 46.1 Å². The van der Waals surface area contributed by atoms with Crippen LogP contribution in [0.5, 0.6) is 0 Å². The molecule has 0 bridgehead atoms. The van der Waals surface area contributed by atoms with Crippen molar-refractivity contribution in [2.45, 2.75) is 25.3 Å². The zero-order valence-electron chi connectivity index (χ0n) is 9.19. The minimum Gasteiger partial charge on any atom is -0.392 e. The summed E-state index contributed by atoms with van der Waals surface area (Å²) in [4.78, 5) is 15.1. The number of halogens is 1. The predicted octanol–water partition coefficient (Wildman–Crippen LogP) is 2.68. The van der Waals surface area contributed by atoms with E-state index in [1.54, 1.807) is 11.0 Å². The molecule has 2 rings (SSSR count). The first-order valence-electron chi connectivity index (χ1n) is 5.44. The van der Waals surface area contributed by atoms with E-state index < -0.39 is 0 Å². The van der Waals surface area contributed by atoms with Crippen molar-refractivity contribution in [1.29, 1.82) is 0 Å². The number of amides is 1. The van der Waals surface area contributed by atoms with Crippen LogP contribution < -0.4 is 5.73 Å². The van der Waals surface area contributed by atoms with Gasteiger partial charge in [-0.25, -0.2) is 0 Å². The van der Waals surface area contributed by atoms with Crippen molar-refractivity contribution in [3.8, 4) is 0 Å². The molecule has 92 valence electrons. The van der Waals surface area contributed by atoms with Crippen LogP contribution in [0.4, 0.5) is 0 Å². The third kappa shape index (κ3) is 2.61. The number of nitrogens with two attached hydrogens (primary N) is 1. The van der Waals surface area contributed by atoms with E-state index in [4.69, 9.17) is 29.6 Å². The first-order valence-corrected chi connectivity index (χ1v) is 7.11. The number of thiocarbonyl (C=S) groups is 1. The van der Waals surface area contributed by atoms with Crippen LogP contribution in [0, 0.1) is 0 Å². The first kappa shape index (κ1) is 12.8. The third-order valence-electron chi connectivity index (χ3n) is 2.90. The maximum absolute atomic E-state index is 12.3. The Balaban J connectivity index is 2.23. The lowest BCUT2D eigenvalue weighted by molar-refractivity contribution is 0.0686. The van der Waals surface area contributed by atoms with Gasteiger partial charge in [0.15, 0.2) is 0 Å². The van der Waals surface area contributed by atoms with Crippen LogP contribution in [0.25, 0.3) is 0 Å². The van der Waals surface area contributed by atoms with Crippen LogP contribution in [0.15, 0.2) is 11.4 Å². The van der Waals surface area contributed by atoms with Gasteiger partial charge in [0, 0.05) is 6.54 Å². The summed E-state index contributed by atoms with van der Waals surface area (Å²) in [6, 6.07) is 1.61. The topological polar surface area (TPSA) is 46.3 Å². The lowest BCUT2D eigenvalue weighted by Gasteiger charge is -2.34. The van der Waals surface area contributed by atoms with Gasteiger partial charge in [-0.1, -0.05) is 23.8 Å². The molecule has 0 aliphatic carbocycles. The summed E-state index contributed by atoms with van der Waals surface area (Å²) in [5.41, 5.74) is 5.69. The quantitative estimate of drug-likeness (QED) is 0.851. The molecule has 17 heavy (non-hydrogen) atoms. The van der Waals surface area contributed by atoms with Crippen molar-refractivity contribution < 1.29 is 4.79 Å². The Kier molecular flexibility index (Phi) is 4.01. The van der Waals surface area contributed by atoms with Gasteiger partial charge in [-0.3, -0.25) is 4.79 Å². The molecule has 0 saturated carbocycles. The average molecular weight is 289 g/mol. The number of likely N-dealkylation sites (tertiary alicyclic amines) is 1. The van der Waals surface area contributed by atoms with Crippen molar-refractivity contribution in [3.05, 3.63) is 21.3 Å². The largest absolute Gasteiger partial charge is 0.392 e. The summed E-state index contributed by atoms with van der Waals surface area (Å²) >= 11 is 12.4. The number of hydrogen-bond donors (Lipinski definition) is 1. The van der Waals surface area contributed by atoms with Crippen LogP contribution in [-0.2, 0) is 0 Å². The van der Waals surface area contributed by atoms with Crippen LogP contribution in [0.2, 0.25) is 5.02 Å². The van der Waals surface area contributed by atoms with Crippen LogP contribution in [-0.4, -0.2) is 28.4 Å². The second-order valence-corrected chi connectivity index (χ2v) is 5.80. The molecule has 1 aromatic rings. The minimum absolute atomic E-state index is 0.0532. The Morgan fingerprint density at radius 1 is 1.59 bits per heavy atom. The number of hydrogen-bond acceptors (Lipinski definition) is 3. The Hall–Kier alpha value is -0.650. The highest BCUT2D eigenvalue weighted by molar-refractivity contribution is 7.80. The van der Waals surface area contributed by atoms with E-state index in [9.17, 15) is 4.79 Å². The third-order valence-corrected chi connectivity index (χ3v) is 4.51. The Morgan fingerprint density at radius 2 is 2.35 bits per heavy atom. The fraction of sp³-hybridized carbons (Fsp3) is 0.455. The molecule has 1 amide bonds. The molecule has 1 atom stereocenters. The monoisotopic (exact) mass is 288 g/mol. The second kappa shape index (κ2) is 5.33. The molecule has 3 nitrogen and oxygen atoms in total. The lowest BCUT2D eigenvalue weighted by Crippen LogP contribution is -2.49. The predicted molar refractivity (Wildman–Crippen MR) is 74.8 cm³/mol. The van der Waals surface area contributed by atoms with Crippen molar-refractivity contribution in [3.63, 3.8) is 0 Å². The van der Waals surface area contributed by atoms with Crippen molar-refractivity contribution in [2.75, 3.05) is 6.54 Å². The number of nitrogens with zero attached hydrogens (tertiary/aromatic N) is 1. The van der Waals surface area contributed by atoms with Gasteiger partial charge in [0.1, 0.15) is 4.88 Å². The molecule has 0 radical (unpaired) electrons. The molecule has 1 aliphatic heterocycles. The van der Waals surface area contributed by atoms with Gasteiger partial charge < -0.3 is 10.6 Å². The summed E-state index contributed by atoms with van der Waals surface area (Å²) in [7, 11) is 0. The molecule has 2 N–H and O–H groups in total. The van der Waals surface area contributed by atoms with Gasteiger partial charge in [-0.2, -0.15) is 0 Å². The standard InChI is InChI=1S/C11H13ClN2OS2/c12-7-4-6-17-9(7)11(15)14-5-2-1-3-8(14)10(13)16/h4,6,8H,1-3,5H2,(H2,13,16). The van der Waals surface area contributed by atoms with E-state index in [-0.39, 0.29) is 11.9 Å². The number of carbonyl (C=O) groups is 1. The maximum Gasteiger partial charge on any atom is 0.266 e. The van der Waals surface area contributed by atoms with Crippen LogP contribution in [0.3, 0.4) is 0 Å². The highest BCUT2D eigenvalue weighted by Gasteiger charge is 2.30. The molecule has 2 heterocycles. The Bertz CT molecular complexity index is 446. The number of rotatable bonds is 2. The minimum atomic E-state index is -0.121. The molecular formula is C11H13ClN2OS2. The molecule has 0 spiro atoms. The highest BCUT2D eigenvalue weighted by Crippen LogP contribution is 2.27. The number of carbonyl (C=O) groups excluding carboxylic acids is 1. The molecular weight excluding hydrogens is 276 g/mol. The van der Waals surface area contributed by atoms with Crippen molar-refractivity contribution in [1.82, 2.24) is 4.90 Å². The smallest absolute Gasteiger partial charge is 0.266 e. The lowest BCUT2D eigenvalue weighted by atomic mass is 10.0. The molecule has 1 aromatic heterocycles. The van der Waals surface area contributed by atoms with E-state index in [0.717, 1.165) is 19.3 Å². The molecule has 0 aromatic carbocycles. The van der Waals surface area contributed by atoms with Gasteiger partial charge in [0.2, 0.25) is 0 Å². The SMILES string of the molecule is NC(=S)C1CCCCN1C(=O)c1sccc1Cl. The summed E-state index contributed by atoms with van der Waals surface area (Å²) in [5, 5.41) is 2.32. The summed E-state index contributed by atoms with van der Waals surface area (Å²) in [5.74, 6) is -0.0532.